The smallest absolute Gasteiger partial charge is 0.317 e. The van der Waals surface area contributed by atoms with Gasteiger partial charge >= 0.3 is 6.18 Å². The number of pyridine rings is 1. The Balaban J connectivity index is 0.00000106. The minimum absolute atomic E-state index is 0.0172. The highest BCUT2D eigenvalue weighted by Gasteiger charge is 2.32. The van der Waals surface area contributed by atoms with Gasteiger partial charge in [0.15, 0.2) is 0 Å². The molecular formula is C10H11F3N2O. The molecule has 0 fully saturated rings. The predicted molar refractivity (Wildman–Crippen MR) is 52.9 cm³/mol. The summed E-state index contributed by atoms with van der Waals surface area (Å²) in [6.45, 7) is 5.28. The fourth-order valence-electron chi connectivity index (χ4n) is 0.980. The zero-order valence-corrected chi connectivity index (χ0v) is 9.07. The molecule has 1 rings (SSSR count). The molecule has 1 N–H and O–H groups in total. The maximum Gasteiger partial charge on any atom is 0.431 e. The first-order chi connectivity index (χ1) is 7.36. The second-order valence-electron chi connectivity index (χ2n) is 2.68. The van der Waals surface area contributed by atoms with Crippen molar-refractivity contribution in [1.82, 2.24) is 4.98 Å². The molecule has 1 heterocycles. The molecule has 6 heteroatoms. The van der Waals surface area contributed by atoms with Crippen LogP contribution >= 0.6 is 0 Å². The van der Waals surface area contributed by atoms with E-state index in [1.54, 1.807) is 4.98 Å². The molecule has 1 aromatic rings. The number of rotatable bonds is 0. The first-order valence-electron chi connectivity index (χ1n) is 4.57. The summed E-state index contributed by atoms with van der Waals surface area (Å²) in [7, 11) is 0. The van der Waals surface area contributed by atoms with Crippen LogP contribution in [0.3, 0.4) is 0 Å². The summed E-state index contributed by atoms with van der Waals surface area (Å²) in [6, 6.07) is 2.27. The highest BCUT2D eigenvalue weighted by atomic mass is 19.4. The maximum absolute atomic E-state index is 12.1. The molecule has 0 amide bonds. The molecular weight excluding hydrogens is 221 g/mol. The van der Waals surface area contributed by atoms with E-state index < -0.39 is 17.4 Å². The van der Waals surface area contributed by atoms with E-state index in [9.17, 15) is 18.0 Å². The summed E-state index contributed by atoms with van der Waals surface area (Å²) in [6.07, 6.45) is -4.60. The van der Waals surface area contributed by atoms with Crippen molar-refractivity contribution < 1.29 is 13.2 Å². The number of aryl methyl sites for hydroxylation is 1. The number of halogens is 3. The third-order valence-electron chi connectivity index (χ3n) is 1.65. The van der Waals surface area contributed by atoms with Crippen LogP contribution in [0.15, 0.2) is 10.9 Å². The average Bonchev–Trinajstić information content (AvgIpc) is 2.19. The molecule has 0 radical (unpaired) electrons. The van der Waals surface area contributed by atoms with Crippen LogP contribution in [0.25, 0.3) is 0 Å². The molecule has 88 valence electrons. The van der Waals surface area contributed by atoms with Gasteiger partial charge in [0.25, 0.3) is 5.56 Å². The predicted octanol–water partition coefficient (Wildman–Crippen LogP) is 2.60. The largest absolute Gasteiger partial charge is 0.431 e. The molecule has 0 atom stereocenters. The van der Waals surface area contributed by atoms with Crippen molar-refractivity contribution in [3.63, 3.8) is 0 Å². The van der Waals surface area contributed by atoms with Gasteiger partial charge in [0.2, 0.25) is 0 Å². The maximum atomic E-state index is 12.1. The molecule has 0 saturated carbocycles. The average molecular weight is 232 g/mol. The van der Waals surface area contributed by atoms with Crippen LogP contribution in [0.1, 0.15) is 30.7 Å². The van der Waals surface area contributed by atoms with Crippen molar-refractivity contribution in [2.75, 3.05) is 0 Å². The summed E-state index contributed by atoms with van der Waals surface area (Å²) in [4.78, 5) is 12.6. The molecule has 0 aliphatic rings. The van der Waals surface area contributed by atoms with Gasteiger partial charge in [-0.25, -0.2) is 0 Å². The van der Waals surface area contributed by atoms with Gasteiger partial charge in [-0.3, -0.25) is 4.79 Å². The van der Waals surface area contributed by atoms with Crippen LogP contribution in [-0.2, 0) is 6.18 Å². The Bertz CT molecular complexity index is 455. The number of nitriles is 1. The molecule has 0 unspecified atom stereocenters. The van der Waals surface area contributed by atoms with Gasteiger partial charge < -0.3 is 4.98 Å². The Hall–Kier alpha value is -1.77. The fourth-order valence-corrected chi connectivity index (χ4v) is 0.980. The lowest BCUT2D eigenvalue weighted by Gasteiger charge is -2.07. The van der Waals surface area contributed by atoms with E-state index in [0.29, 0.717) is 0 Å². The van der Waals surface area contributed by atoms with Crippen molar-refractivity contribution in [3.8, 4) is 6.07 Å². The summed E-state index contributed by atoms with van der Waals surface area (Å²) in [5.74, 6) is 0. The first kappa shape index (κ1) is 14.2. The number of aromatic nitrogens is 1. The molecule has 0 aliphatic carbocycles. The summed E-state index contributed by atoms with van der Waals surface area (Å²) in [5, 5.41) is 8.44. The van der Waals surface area contributed by atoms with Gasteiger partial charge in [0, 0.05) is 0 Å². The number of hydrogen-bond donors (Lipinski definition) is 1. The second-order valence-corrected chi connectivity index (χ2v) is 2.68. The van der Waals surface area contributed by atoms with Crippen LogP contribution in [0, 0.1) is 18.3 Å². The molecule has 0 bridgehead atoms. The topological polar surface area (TPSA) is 56.6 Å². The molecule has 16 heavy (non-hydrogen) atoms. The van der Waals surface area contributed by atoms with Gasteiger partial charge in [-0.1, -0.05) is 13.8 Å². The number of hydrogen-bond acceptors (Lipinski definition) is 2. The van der Waals surface area contributed by atoms with Crippen LogP contribution in [-0.4, -0.2) is 4.98 Å². The second kappa shape index (κ2) is 5.35. The zero-order valence-electron chi connectivity index (χ0n) is 9.07. The number of nitrogens with one attached hydrogen (secondary N) is 1. The van der Waals surface area contributed by atoms with Crippen LogP contribution < -0.4 is 5.56 Å². The molecule has 3 nitrogen and oxygen atoms in total. The van der Waals surface area contributed by atoms with Crippen LogP contribution in [0.4, 0.5) is 13.2 Å². The van der Waals surface area contributed by atoms with Crippen LogP contribution in [0.2, 0.25) is 0 Å². The summed E-state index contributed by atoms with van der Waals surface area (Å²) in [5.41, 5.74) is -2.43. The van der Waals surface area contributed by atoms with Crippen molar-refractivity contribution in [2.24, 2.45) is 0 Å². The number of nitrogens with zero attached hydrogens (tertiary/aromatic N) is 1. The van der Waals surface area contributed by atoms with E-state index >= 15 is 0 Å². The minimum Gasteiger partial charge on any atom is -0.317 e. The first-order valence-corrected chi connectivity index (χ1v) is 4.57. The third-order valence-corrected chi connectivity index (χ3v) is 1.65. The monoisotopic (exact) mass is 232 g/mol. The minimum atomic E-state index is -4.60. The highest BCUT2D eigenvalue weighted by Crippen LogP contribution is 2.27. The summed E-state index contributed by atoms with van der Waals surface area (Å²) < 4.78 is 36.4. The number of aromatic amines is 1. The molecule has 0 spiro atoms. The Morgan fingerprint density at radius 3 is 2.19 bits per heavy atom. The standard InChI is InChI=1S/C8H5F3N2O.C2H6/c1-4-2-6(8(9,10)11)13-7(14)5(4)3-12;1-2/h2H,1H3,(H,13,14);1-2H3. The lowest BCUT2D eigenvalue weighted by molar-refractivity contribution is -0.141. The van der Waals surface area contributed by atoms with Gasteiger partial charge in [-0.15, -0.1) is 0 Å². The van der Waals surface area contributed by atoms with Crippen molar-refractivity contribution in [1.29, 1.82) is 5.26 Å². The van der Waals surface area contributed by atoms with E-state index in [2.05, 4.69) is 0 Å². The van der Waals surface area contributed by atoms with Crippen LogP contribution in [0.5, 0.6) is 0 Å². The van der Waals surface area contributed by atoms with E-state index in [4.69, 9.17) is 5.26 Å². The Morgan fingerprint density at radius 1 is 1.38 bits per heavy atom. The fraction of sp³-hybridized carbons (Fsp3) is 0.400. The van der Waals surface area contributed by atoms with E-state index in [1.165, 1.54) is 13.0 Å². The van der Waals surface area contributed by atoms with Crippen molar-refractivity contribution in [3.05, 3.63) is 33.2 Å². The molecule has 0 aromatic carbocycles. The van der Waals surface area contributed by atoms with Crippen molar-refractivity contribution >= 4 is 0 Å². The zero-order chi connectivity index (χ0) is 12.9. The SMILES string of the molecule is CC.Cc1cc(C(F)(F)F)[nH]c(=O)c1C#N. The van der Waals surface area contributed by atoms with Crippen molar-refractivity contribution in [2.45, 2.75) is 26.9 Å². The number of alkyl halides is 3. The Labute approximate surface area is 90.5 Å². The van der Waals surface area contributed by atoms with Gasteiger partial charge in [0.1, 0.15) is 17.3 Å². The van der Waals surface area contributed by atoms with Gasteiger partial charge in [0.05, 0.1) is 0 Å². The molecule has 0 aliphatic heterocycles. The number of H-pyrrole nitrogens is 1. The van der Waals surface area contributed by atoms with E-state index in [0.717, 1.165) is 6.07 Å². The van der Waals surface area contributed by atoms with E-state index in [1.807, 2.05) is 13.8 Å². The lowest BCUT2D eigenvalue weighted by atomic mass is 10.1. The Kier molecular flexibility index (Phi) is 4.76. The normalized spacial score (nSPS) is 10.1. The third kappa shape index (κ3) is 3.12. The van der Waals surface area contributed by atoms with Gasteiger partial charge in [-0.2, -0.15) is 18.4 Å². The van der Waals surface area contributed by atoms with E-state index in [-0.39, 0.29) is 11.1 Å². The lowest BCUT2D eigenvalue weighted by Crippen LogP contribution is -2.19. The summed E-state index contributed by atoms with van der Waals surface area (Å²) >= 11 is 0. The quantitative estimate of drug-likeness (QED) is 0.747. The van der Waals surface area contributed by atoms with Gasteiger partial charge in [-0.05, 0) is 18.6 Å². The molecule has 1 aromatic heterocycles. The Morgan fingerprint density at radius 2 is 1.88 bits per heavy atom. The molecule has 0 saturated heterocycles. The highest BCUT2D eigenvalue weighted by molar-refractivity contribution is 5.35.